The van der Waals surface area contributed by atoms with E-state index >= 15 is 0 Å². The average Bonchev–Trinajstić information content (AvgIpc) is 3.11. The van der Waals surface area contributed by atoms with Crippen molar-refractivity contribution in [2.45, 2.75) is 56.4 Å². The van der Waals surface area contributed by atoms with E-state index < -0.39 is 16.0 Å². The number of hydrazone groups is 1. The van der Waals surface area contributed by atoms with Crippen molar-refractivity contribution in [3.05, 3.63) is 59.7 Å². The van der Waals surface area contributed by atoms with Crippen LogP contribution >= 0.6 is 0 Å². The van der Waals surface area contributed by atoms with Crippen molar-refractivity contribution >= 4 is 33.9 Å². The first-order chi connectivity index (χ1) is 16.8. The van der Waals surface area contributed by atoms with Crippen LogP contribution < -0.4 is 10.1 Å². The summed E-state index contributed by atoms with van der Waals surface area (Å²) in [6.45, 7) is 1.48. The zero-order valence-corrected chi connectivity index (χ0v) is 20.3. The molecule has 4 rings (SSSR count). The minimum absolute atomic E-state index is 0.0995. The molecule has 0 atom stereocenters. The smallest absolute Gasteiger partial charge is 0.308 e. The predicted molar refractivity (Wildman–Crippen MR) is 132 cm³/mol. The van der Waals surface area contributed by atoms with E-state index in [1.165, 1.54) is 24.4 Å². The van der Waals surface area contributed by atoms with Crippen LogP contribution in [0.2, 0.25) is 0 Å². The van der Waals surface area contributed by atoms with Gasteiger partial charge in [0.2, 0.25) is 5.91 Å². The van der Waals surface area contributed by atoms with E-state index in [-0.39, 0.29) is 35.6 Å². The molecule has 2 aromatic carbocycles. The van der Waals surface area contributed by atoms with Crippen LogP contribution in [0, 0.1) is 0 Å². The number of hydrogen-bond donors (Lipinski definition) is 1. The largest absolute Gasteiger partial charge is 0.427 e. The fraction of sp³-hybridized carbons (Fsp3) is 0.360. The number of amides is 1. The molecule has 0 saturated heterocycles. The maximum Gasteiger partial charge on any atom is 0.308 e. The zero-order valence-electron chi connectivity index (χ0n) is 19.5. The molecule has 2 aromatic rings. The van der Waals surface area contributed by atoms with Crippen LogP contribution in [0.25, 0.3) is 0 Å². The van der Waals surface area contributed by atoms with E-state index in [0.717, 1.165) is 25.7 Å². The number of nitrogens with one attached hydrogen (secondary N) is 1. The normalized spacial score (nSPS) is 17.0. The van der Waals surface area contributed by atoms with Gasteiger partial charge in [-0.05, 0) is 54.8 Å². The van der Waals surface area contributed by atoms with Crippen molar-refractivity contribution in [3.63, 3.8) is 0 Å². The SMILES string of the molecule is CC(=O)Oc1ccc(/C=N/N(CCC(=O)NC2CCCCC2)C2=NS(=O)(=O)c3ccccc32)cc1. The Labute approximate surface area is 204 Å². The number of amidine groups is 1. The minimum Gasteiger partial charge on any atom is -0.427 e. The van der Waals surface area contributed by atoms with Crippen LogP contribution in [0.3, 0.4) is 0 Å². The maximum absolute atomic E-state index is 12.6. The quantitative estimate of drug-likeness (QED) is 0.272. The van der Waals surface area contributed by atoms with Gasteiger partial charge in [0.1, 0.15) is 10.6 Å². The highest BCUT2D eigenvalue weighted by molar-refractivity contribution is 7.90. The zero-order chi connectivity index (χ0) is 24.8. The Hall–Kier alpha value is -3.53. The third-order valence-corrected chi connectivity index (χ3v) is 7.19. The predicted octanol–water partition coefficient (Wildman–Crippen LogP) is 3.24. The van der Waals surface area contributed by atoms with Crippen molar-refractivity contribution in [3.8, 4) is 5.75 Å². The van der Waals surface area contributed by atoms with Crippen molar-refractivity contribution in [2.75, 3.05) is 6.54 Å². The second kappa shape index (κ2) is 10.8. The molecule has 0 unspecified atom stereocenters. The average molecular weight is 497 g/mol. The van der Waals surface area contributed by atoms with Gasteiger partial charge in [-0.1, -0.05) is 31.4 Å². The lowest BCUT2D eigenvalue weighted by Crippen LogP contribution is -2.38. The molecule has 1 aliphatic heterocycles. The van der Waals surface area contributed by atoms with Gasteiger partial charge >= 0.3 is 5.97 Å². The Balaban J connectivity index is 1.53. The molecule has 184 valence electrons. The van der Waals surface area contributed by atoms with Crippen molar-refractivity contribution in [1.82, 2.24) is 10.3 Å². The summed E-state index contributed by atoms with van der Waals surface area (Å²) in [5, 5.41) is 9.00. The van der Waals surface area contributed by atoms with Crippen LogP contribution in [0.1, 0.15) is 56.6 Å². The molecule has 2 aliphatic rings. The molecule has 0 aromatic heterocycles. The fourth-order valence-electron chi connectivity index (χ4n) is 4.17. The first-order valence-electron chi connectivity index (χ1n) is 11.7. The molecule has 0 radical (unpaired) electrons. The lowest BCUT2D eigenvalue weighted by Gasteiger charge is -2.24. The van der Waals surface area contributed by atoms with Gasteiger partial charge in [0.25, 0.3) is 10.0 Å². The first kappa shape index (κ1) is 24.6. The molecule has 0 spiro atoms. The second-order valence-corrected chi connectivity index (χ2v) is 10.1. The van der Waals surface area contributed by atoms with E-state index in [1.807, 2.05) is 0 Å². The topological polar surface area (TPSA) is 118 Å². The minimum atomic E-state index is -3.84. The van der Waals surface area contributed by atoms with Crippen LogP contribution in [-0.2, 0) is 19.6 Å². The van der Waals surface area contributed by atoms with Crippen LogP contribution in [0.5, 0.6) is 5.75 Å². The first-order valence-corrected chi connectivity index (χ1v) is 13.1. The Morgan fingerprint density at radius 3 is 2.54 bits per heavy atom. The van der Waals surface area contributed by atoms with Crippen molar-refractivity contribution < 1.29 is 22.7 Å². The highest BCUT2D eigenvalue weighted by Crippen LogP contribution is 2.28. The number of fused-ring (bicyclic) bond motifs is 1. The highest BCUT2D eigenvalue weighted by Gasteiger charge is 2.32. The number of ether oxygens (including phenoxy) is 1. The third-order valence-electron chi connectivity index (χ3n) is 5.87. The molecule has 1 heterocycles. The summed E-state index contributed by atoms with van der Waals surface area (Å²) < 4.78 is 34.2. The van der Waals surface area contributed by atoms with E-state index in [0.29, 0.717) is 16.9 Å². The standard InChI is InChI=1S/C25H28N4O5S/c1-18(30)34-21-13-11-19(12-14-21)17-26-29(16-15-24(31)27-20-7-3-2-4-8-20)25-22-9-5-6-10-23(22)35(32,33)28-25/h5-6,9-14,17,20H,2-4,7-8,15-16H2,1H3,(H,27,31)/b26-17+. The summed E-state index contributed by atoms with van der Waals surface area (Å²) in [5.74, 6) is 0.0747. The van der Waals surface area contributed by atoms with Crippen molar-refractivity contribution in [1.29, 1.82) is 0 Å². The summed E-state index contributed by atoms with van der Waals surface area (Å²) in [6, 6.07) is 13.5. The van der Waals surface area contributed by atoms with Crippen molar-refractivity contribution in [2.24, 2.45) is 9.50 Å². The van der Waals surface area contributed by atoms with Crippen LogP contribution in [-0.4, -0.2) is 49.9 Å². The lowest BCUT2D eigenvalue weighted by molar-refractivity contribution is -0.131. The monoisotopic (exact) mass is 496 g/mol. The number of carbonyl (C=O) groups is 2. The molecule has 1 aliphatic carbocycles. The molecule has 10 heteroatoms. The Morgan fingerprint density at radius 2 is 1.83 bits per heavy atom. The summed E-state index contributed by atoms with van der Waals surface area (Å²) in [6.07, 6.45) is 7.08. The van der Waals surface area contributed by atoms with Gasteiger partial charge in [0.05, 0.1) is 12.8 Å². The van der Waals surface area contributed by atoms with E-state index in [4.69, 9.17) is 4.74 Å². The van der Waals surface area contributed by atoms with Gasteiger partial charge in [-0.3, -0.25) is 9.59 Å². The Kier molecular flexibility index (Phi) is 7.60. The molecular formula is C25H28N4O5S. The van der Waals surface area contributed by atoms with Gasteiger partial charge in [-0.15, -0.1) is 4.40 Å². The van der Waals surface area contributed by atoms with E-state index in [1.54, 1.807) is 48.7 Å². The Morgan fingerprint density at radius 1 is 1.11 bits per heavy atom. The lowest BCUT2D eigenvalue weighted by atomic mass is 9.95. The van der Waals surface area contributed by atoms with Crippen LogP contribution in [0.15, 0.2) is 62.9 Å². The summed E-state index contributed by atoms with van der Waals surface area (Å²) >= 11 is 0. The molecule has 9 nitrogen and oxygen atoms in total. The molecule has 1 saturated carbocycles. The molecule has 1 amide bonds. The summed E-state index contributed by atoms with van der Waals surface area (Å²) in [4.78, 5) is 23.8. The van der Waals surface area contributed by atoms with Gasteiger partial charge in [0.15, 0.2) is 5.84 Å². The number of hydrogen-bond acceptors (Lipinski definition) is 7. The molecule has 35 heavy (non-hydrogen) atoms. The third kappa shape index (κ3) is 6.33. The molecular weight excluding hydrogens is 468 g/mol. The molecule has 1 N–H and O–H groups in total. The summed E-state index contributed by atoms with van der Waals surface area (Å²) in [7, 11) is -3.84. The van der Waals surface area contributed by atoms with Gasteiger partial charge in [-0.2, -0.15) is 13.5 Å². The molecule has 1 fully saturated rings. The highest BCUT2D eigenvalue weighted by atomic mass is 32.2. The summed E-state index contributed by atoms with van der Waals surface area (Å²) in [5.41, 5.74) is 1.15. The number of sulfonamides is 1. The number of esters is 1. The van der Waals surface area contributed by atoms with Gasteiger partial charge < -0.3 is 10.1 Å². The van der Waals surface area contributed by atoms with E-state index in [2.05, 4.69) is 14.8 Å². The maximum atomic E-state index is 12.6. The molecule has 0 bridgehead atoms. The number of rotatable bonds is 7. The Bertz CT molecular complexity index is 1250. The van der Waals surface area contributed by atoms with Crippen LogP contribution in [0.4, 0.5) is 0 Å². The van der Waals surface area contributed by atoms with Gasteiger partial charge in [-0.25, -0.2) is 5.01 Å². The number of nitrogens with zero attached hydrogens (tertiary/aromatic N) is 3. The number of benzene rings is 2. The number of carbonyl (C=O) groups excluding carboxylic acids is 2. The fourth-order valence-corrected chi connectivity index (χ4v) is 5.38. The second-order valence-electron chi connectivity index (χ2n) is 8.57. The van der Waals surface area contributed by atoms with Gasteiger partial charge in [0, 0.05) is 24.9 Å². The van der Waals surface area contributed by atoms with E-state index in [9.17, 15) is 18.0 Å².